The van der Waals surface area contributed by atoms with Crippen LogP contribution in [0.25, 0.3) is 0 Å². The lowest BCUT2D eigenvalue weighted by Gasteiger charge is -2.34. The zero-order valence-electron chi connectivity index (χ0n) is 38.2. The Morgan fingerprint density at radius 3 is 2.00 bits per heavy atom. The maximum atomic E-state index is 14.0. The van der Waals surface area contributed by atoms with Gasteiger partial charge in [0.2, 0.25) is 65.0 Å². The van der Waals surface area contributed by atoms with E-state index in [1.54, 1.807) is 27.7 Å². The highest BCUT2D eigenvalue weighted by Gasteiger charge is 2.38. The molecule has 0 aliphatic carbocycles. The van der Waals surface area contributed by atoms with Crippen molar-refractivity contribution in [2.45, 2.75) is 108 Å². The van der Waals surface area contributed by atoms with Crippen LogP contribution in [0.5, 0.6) is 5.75 Å². The van der Waals surface area contributed by atoms with E-state index in [1.807, 2.05) is 0 Å². The highest BCUT2D eigenvalue weighted by molar-refractivity contribution is 5.99. The number of likely N-dealkylation sites (N-methyl/N-ethyl adjacent to an activating group) is 1. The summed E-state index contributed by atoms with van der Waals surface area (Å²) < 4.78 is 0. The molecule has 0 bridgehead atoms. The summed E-state index contributed by atoms with van der Waals surface area (Å²) in [6.07, 6.45) is -2.16. The maximum absolute atomic E-state index is 14.0. The predicted octanol–water partition coefficient (Wildman–Crippen LogP) is -5.30. The van der Waals surface area contributed by atoms with Gasteiger partial charge in [-0.25, -0.2) is 0 Å². The summed E-state index contributed by atoms with van der Waals surface area (Å²) in [5, 5.41) is 29.7. The van der Waals surface area contributed by atoms with E-state index in [9.17, 15) is 62.6 Å². The lowest BCUT2D eigenvalue weighted by Crippen LogP contribution is -2.62. The highest BCUT2D eigenvalue weighted by Crippen LogP contribution is 2.16. The van der Waals surface area contributed by atoms with Crippen LogP contribution in [0, 0.1) is 11.8 Å². The summed E-state index contributed by atoms with van der Waals surface area (Å²) in [4.78, 5) is 158. The van der Waals surface area contributed by atoms with E-state index in [-0.39, 0.29) is 25.3 Å². The van der Waals surface area contributed by atoms with Crippen LogP contribution >= 0.6 is 0 Å². The molecule has 0 saturated carbocycles. The van der Waals surface area contributed by atoms with Crippen molar-refractivity contribution in [3.63, 3.8) is 0 Å². The van der Waals surface area contributed by atoms with Gasteiger partial charge in [0.15, 0.2) is 0 Å². The van der Waals surface area contributed by atoms with Crippen LogP contribution in [0.15, 0.2) is 24.3 Å². The van der Waals surface area contributed by atoms with Crippen LogP contribution in [0.3, 0.4) is 0 Å². The molecule has 15 N–H and O–H groups in total. The number of aromatic hydroxyl groups is 1. The molecule has 1 heterocycles. The average Bonchev–Trinajstić information content (AvgIpc) is 3.25. The predicted molar refractivity (Wildman–Crippen MR) is 237 cm³/mol. The normalized spacial score (nSPS) is 21.6. The minimum Gasteiger partial charge on any atom is -0.508 e. The number of carbonyl (C=O) groups excluding carboxylic acids is 12. The number of amides is 11. The quantitative estimate of drug-likeness (QED) is 0.0577. The van der Waals surface area contributed by atoms with Gasteiger partial charge in [0.25, 0.3) is 0 Å². The summed E-state index contributed by atoms with van der Waals surface area (Å²) >= 11 is 0. The van der Waals surface area contributed by atoms with E-state index < -0.39 is 158 Å². The summed E-state index contributed by atoms with van der Waals surface area (Å²) in [5.74, 6) is -11.5. The van der Waals surface area contributed by atoms with Crippen LogP contribution in [0.4, 0.5) is 0 Å². The first kappa shape index (κ1) is 56.0. The summed E-state index contributed by atoms with van der Waals surface area (Å²) in [5.41, 5.74) is 14.9. The molecule has 370 valence electrons. The van der Waals surface area contributed by atoms with E-state index >= 15 is 0 Å². The molecular weight excluding hydrogens is 881 g/mol. The molecule has 1 saturated heterocycles. The Labute approximate surface area is 386 Å². The number of benzene rings is 1. The number of rotatable bonds is 19. The van der Waals surface area contributed by atoms with E-state index in [2.05, 4.69) is 42.5 Å². The smallest absolute Gasteiger partial charge is 0.245 e. The van der Waals surface area contributed by atoms with E-state index in [4.69, 9.17) is 17.2 Å². The third-order valence-corrected chi connectivity index (χ3v) is 11.0. The number of hydrogen-bond donors (Lipinski definition) is 12. The molecule has 0 spiro atoms. The monoisotopic (exact) mass is 944 g/mol. The van der Waals surface area contributed by atoms with Gasteiger partial charge in [-0.05, 0) is 42.4 Å². The number of aldehydes is 1. The van der Waals surface area contributed by atoms with Crippen molar-refractivity contribution in [1.29, 1.82) is 0 Å². The first-order chi connectivity index (χ1) is 31.4. The van der Waals surface area contributed by atoms with E-state index in [0.29, 0.717) is 18.3 Å². The first-order valence-corrected chi connectivity index (χ1v) is 21.5. The third kappa shape index (κ3) is 18.7. The second kappa shape index (κ2) is 26.7. The number of nitrogens with two attached hydrogens (primary N) is 3. The van der Waals surface area contributed by atoms with Gasteiger partial charge in [0, 0.05) is 32.9 Å². The number of nitrogens with zero attached hydrogens (tertiary/aromatic N) is 1. The first-order valence-electron chi connectivity index (χ1n) is 21.5. The van der Waals surface area contributed by atoms with Crippen LogP contribution in [0.1, 0.15) is 71.8 Å². The molecule has 1 aliphatic heterocycles. The van der Waals surface area contributed by atoms with Gasteiger partial charge in [-0.1, -0.05) is 46.2 Å². The van der Waals surface area contributed by atoms with Crippen molar-refractivity contribution in [2.75, 3.05) is 33.2 Å². The van der Waals surface area contributed by atoms with Crippen molar-refractivity contribution >= 4 is 71.3 Å². The van der Waals surface area contributed by atoms with Crippen LogP contribution in [0.2, 0.25) is 0 Å². The van der Waals surface area contributed by atoms with Gasteiger partial charge < -0.3 is 74.5 Å². The van der Waals surface area contributed by atoms with E-state index in [0.717, 1.165) is 4.90 Å². The Balaban J connectivity index is 2.61. The Morgan fingerprint density at radius 1 is 0.821 bits per heavy atom. The van der Waals surface area contributed by atoms with Crippen molar-refractivity contribution in [1.82, 2.24) is 47.4 Å². The number of hydrogen-bond acceptors (Lipinski definition) is 14. The molecule has 1 aromatic carbocycles. The fraction of sp³-hybridized carbons (Fsp3) is 0.571. The number of phenols is 1. The molecule has 7 atom stereocenters. The van der Waals surface area contributed by atoms with Crippen LogP contribution in [-0.4, -0.2) is 150 Å². The average molecular weight is 945 g/mol. The van der Waals surface area contributed by atoms with Crippen LogP contribution < -0.4 is 59.7 Å². The van der Waals surface area contributed by atoms with Gasteiger partial charge in [-0.15, -0.1) is 0 Å². The number of phenolic OH excluding ortho intramolecular Hbond substituents is 1. The fourth-order valence-electron chi connectivity index (χ4n) is 6.70. The van der Waals surface area contributed by atoms with E-state index in [1.165, 1.54) is 31.3 Å². The molecule has 3 unspecified atom stereocenters. The molecule has 1 aliphatic rings. The second-order valence-electron chi connectivity index (χ2n) is 16.7. The number of primary amides is 3. The minimum absolute atomic E-state index is 0.0728. The lowest BCUT2D eigenvalue weighted by atomic mass is 9.87. The molecule has 11 amide bonds. The SMILES string of the molecule is CCC(C)C1NC(=O)[C@H](Cc2ccc(O)cc2)NC(=O)CNC(=O)CC[C@@H](C(=O)N(C)CC(=O)N[C@@](C=O)(CNCC(N)=O)C(C)C)NC(=O)C(CC(N)=O)NC(=O)[C@H](CCC(N)=O)NC1=O. The highest BCUT2D eigenvalue weighted by atomic mass is 16.3. The standard InChI is InChI=1S/C42H64N12O13/c1-6-23(4)36-40(66)49-26(11-13-30(43)57)37(63)51-29(16-31(44)58)38(64)50-27(41(67)54(5)19-35(62)53-42(21-55,22(2)3)20-46-17-32(45)59)12-14-33(60)47-18-34(61)48-28(39(65)52-36)15-24-7-9-25(56)10-8-24/h7-10,21-23,26-29,36,46,56H,6,11-20H2,1-5H3,(H2,43,57)(H2,44,58)(H2,45,59)(H,47,60)(H,48,61)(H,49,66)(H,50,64)(H,51,63)(H,52,65)(H,53,62)/t23?,26-,27-,28-,29?,36?,42+/m0/s1. The molecule has 1 fully saturated rings. The third-order valence-electron chi connectivity index (χ3n) is 11.0. The second-order valence-corrected chi connectivity index (χ2v) is 16.7. The molecule has 0 aromatic heterocycles. The molecule has 67 heavy (non-hydrogen) atoms. The molecule has 0 radical (unpaired) electrons. The molecular formula is C42H64N12O13. The van der Waals surface area contributed by atoms with Gasteiger partial charge >= 0.3 is 0 Å². The van der Waals surface area contributed by atoms with Crippen molar-refractivity contribution in [2.24, 2.45) is 29.0 Å². The molecule has 2 rings (SSSR count). The minimum atomic E-state index is -1.83. The van der Waals surface area contributed by atoms with Gasteiger partial charge in [0.1, 0.15) is 47.8 Å². The molecule has 25 nitrogen and oxygen atoms in total. The van der Waals surface area contributed by atoms with Crippen molar-refractivity contribution < 1.29 is 62.6 Å². The van der Waals surface area contributed by atoms with Crippen LogP contribution in [-0.2, 0) is 64.0 Å². The Hall–Kier alpha value is -7.18. The van der Waals surface area contributed by atoms with Gasteiger partial charge in [-0.2, -0.15) is 0 Å². The molecule has 25 heteroatoms. The van der Waals surface area contributed by atoms with Gasteiger partial charge in [-0.3, -0.25) is 52.7 Å². The zero-order chi connectivity index (χ0) is 50.6. The Morgan fingerprint density at radius 2 is 1.43 bits per heavy atom. The van der Waals surface area contributed by atoms with Gasteiger partial charge in [0.05, 0.1) is 26.1 Å². The zero-order valence-corrected chi connectivity index (χ0v) is 38.2. The topological polar surface area (TPSA) is 403 Å². The maximum Gasteiger partial charge on any atom is 0.245 e. The Bertz CT molecular complexity index is 2000. The summed E-state index contributed by atoms with van der Waals surface area (Å²) in [7, 11) is 1.17. The number of nitrogens with one attached hydrogen (secondary N) is 8. The van der Waals surface area contributed by atoms with Crippen molar-refractivity contribution in [3.8, 4) is 5.75 Å². The summed E-state index contributed by atoms with van der Waals surface area (Å²) in [6, 6.07) is -2.14. The summed E-state index contributed by atoms with van der Waals surface area (Å²) in [6.45, 7) is 4.66. The van der Waals surface area contributed by atoms with Crippen molar-refractivity contribution in [3.05, 3.63) is 29.8 Å². The largest absolute Gasteiger partial charge is 0.508 e. The fourth-order valence-corrected chi connectivity index (χ4v) is 6.70. The lowest BCUT2D eigenvalue weighted by molar-refractivity contribution is -0.140. The molecule has 1 aromatic rings. The Kier molecular flexibility index (Phi) is 22.3. The number of carbonyl (C=O) groups is 12.